The maximum Gasteiger partial charge on any atom is 0.290 e. The fourth-order valence-corrected chi connectivity index (χ4v) is 4.85. The van der Waals surface area contributed by atoms with Crippen molar-refractivity contribution >= 4 is 21.6 Å². The average molecular weight is 419 g/mol. The number of amides is 1. The second-order valence-electron chi connectivity index (χ2n) is 6.98. The molecule has 0 fully saturated rings. The third-order valence-corrected chi connectivity index (χ3v) is 7.25. The first kappa shape index (κ1) is 23.0. The first-order valence-electron chi connectivity index (χ1n) is 10.2. The van der Waals surface area contributed by atoms with E-state index in [0.717, 1.165) is 12.8 Å². The first-order valence-corrected chi connectivity index (χ1v) is 11.7. The molecular formula is C22H32N3O3S+. The number of benzene rings is 1. The van der Waals surface area contributed by atoms with Crippen molar-refractivity contribution < 1.29 is 17.8 Å². The van der Waals surface area contributed by atoms with E-state index in [1.165, 1.54) is 22.0 Å². The van der Waals surface area contributed by atoms with Crippen LogP contribution in [0.5, 0.6) is 0 Å². The number of anilines is 1. The second kappa shape index (κ2) is 10.5. The molecule has 0 saturated carbocycles. The number of hydrogen-bond donors (Lipinski definition) is 1. The van der Waals surface area contributed by atoms with Gasteiger partial charge in [0.05, 0.1) is 4.90 Å². The van der Waals surface area contributed by atoms with Gasteiger partial charge in [0, 0.05) is 30.9 Å². The molecule has 0 saturated heterocycles. The van der Waals surface area contributed by atoms with Crippen LogP contribution in [0.25, 0.3) is 0 Å². The Hall–Kier alpha value is -2.25. The van der Waals surface area contributed by atoms with E-state index in [0.29, 0.717) is 24.7 Å². The normalized spacial score (nSPS) is 11.8. The maximum atomic E-state index is 12.5. The topological polar surface area (TPSA) is 70.4 Å². The van der Waals surface area contributed by atoms with Gasteiger partial charge in [0.25, 0.3) is 5.91 Å². The van der Waals surface area contributed by atoms with Crippen LogP contribution in [0.15, 0.2) is 53.7 Å². The minimum Gasteiger partial charge on any atom is -0.321 e. The largest absolute Gasteiger partial charge is 0.321 e. The zero-order chi connectivity index (χ0) is 21.4. The number of nitrogens with zero attached hydrogens (tertiary/aromatic N) is 2. The van der Waals surface area contributed by atoms with Crippen molar-refractivity contribution in [2.45, 2.75) is 57.9 Å². The number of carbonyl (C=O) groups excluding carboxylic acids is 1. The van der Waals surface area contributed by atoms with Gasteiger partial charge < -0.3 is 5.32 Å². The highest BCUT2D eigenvalue weighted by molar-refractivity contribution is 7.89. The van der Waals surface area contributed by atoms with Crippen LogP contribution < -0.4 is 9.88 Å². The van der Waals surface area contributed by atoms with E-state index < -0.39 is 10.0 Å². The van der Waals surface area contributed by atoms with Gasteiger partial charge in [0.2, 0.25) is 16.6 Å². The van der Waals surface area contributed by atoms with Crippen LogP contribution in [0.2, 0.25) is 0 Å². The molecule has 0 spiro atoms. The van der Waals surface area contributed by atoms with Crippen LogP contribution >= 0.6 is 0 Å². The van der Waals surface area contributed by atoms with E-state index in [2.05, 4.69) is 31.3 Å². The van der Waals surface area contributed by atoms with Gasteiger partial charge in [-0.2, -0.15) is 8.87 Å². The molecule has 0 radical (unpaired) electrons. The molecule has 0 aliphatic heterocycles. The van der Waals surface area contributed by atoms with E-state index in [1.54, 1.807) is 12.1 Å². The molecule has 1 aromatic carbocycles. The Morgan fingerprint density at radius 2 is 1.52 bits per heavy atom. The molecule has 158 valence electrons. The zero-order valence-corrected chi connectivity index (χ0v) is 18.6. The highest BCUT2D eigenvalue weighted by Crippen LogP contribution is 2.21. The summed E-state index contributed by atoms with van der Waals surface area (Å²) in [5.41, 5.74) is 1.86. The Kier molecular flexibility index (Phi) is 8.34. The van der Waals surface area contributed by atoms with Crippen molar-refractivity contribution in [1.29, 1.82) is 0 Å². The van der Waals surface area contributed by atoms with Crippen molar-refractivity contribution in [1.82, 2.24) is 4.31 Å². The van der Waals surface area contributed by atoms with Gasteiger partial charge in [-0.15, -0.1) is 0 Å². The van der Waals surface area contributed by atoms with Gasteiger partial charge in [-0.05, 0) is 48.6 Å². The predicted octanol–water partition coefficient (Wildman–Crippen LogP) is 3.55. The molecule has 7 heteroatoms. The molecule has 0 unspecified atom stereocenters. The average Bonchev–Trinajstić information content (AvgIpc) is 2.71. The summed E-state index contributed by atoms with van der Waals surface area (Å²) in [5, 5.41) is 2.82. The van der Waals surface area contributed by atoms with Crippen molar-refractivity contribution in [3.05, 3.63) is 54.4 Å². The molecule has 29 heavy (non-hydrogen) atoms. The summed E-state index contributed by atoms with van der Waals surface area (Å²) in [6, 6.07) is 10.4. The van der Waals surface area contributed by atoms with Gasteiger partial charge in [-0.3, -0.25) is 4.79 Å². The van der Waals surface area contributed by atoms with Gasteiger partial charge >= 0.3 is 0 Å². The summed E-state index contributed by atoms with van der Waals surface area (Å²) < 4.78 is 28.3. The molecule has 0 atom stereocenters. The fourth-order valence-electron chi connectivity index (χ4n) is 3.40. The summed E-state index contributed by atoms with van der Waals surface area (Å²) in [6.45, 7) is 9.02. The summed E-state index contributed by atoms with van der Waals surface area (Å²) in [7, 11) is -3.49. The molecule has 2 rings (SSSR count). The number of carbonyl (C=O) groups is 1. The SMILES string of the molecule is CCC(CC)c1cc[n+](CC(=O)Nc2ccc(S(=O)(=O)N(CC)CC)cc2)cc1. The molecular weight excluding hydrogens is 386 g/mol. The number of nitrogens with one attached hydrogen (secondary N) is 1. The quantitative estimate of drug-likeness (QED) is 0.600. The maximum absolute atomic E-state index is 12.5. The van der Waals surface area contributed by atoms with Crippen LogP contribution in [0.4, 0.5) is 5.69 Å². The Bertz CT molecular complexity index is 886. The van der Waals surface area contributed by atoms with Crippen LogP contribution in [0, 0.1) is 0 Å². The number of hydrogen-bond acceptors (Lipinski definition) is 3. The lowest BCUT2D eigenvalue weighted by atomic mass is 9.95. The second-order valence-corrected chi connectivity index (χ2v) is 8.92. The summed E-state index contributed by atoms with van der Waals surface area (Å²) in [5.74, 6) is 0.384. The predicted molar refractivity (Wildman–Crippen MR) is 115 cm³/mol. The third-order valence-electron chi connectivity index (χ3n) is 5.18. The lowest BCUT2D eigenvalue weighted by Gasteiger charge is -2.18. The van der Waals surface area contributed by atoms with Crippen LogP contribution in [-0.4, -0.2) is 31.7 Å². The Morgan fingerprint density at radius 3 is 2.00 bits per heavy atom. The van der Waals surface area contributed by atoms with E-state index in [9.17, 15) is 13.2 Å². The highest BCUT2D eigenvalue weighted by Gasteiger charge is 2.21. The zero-order valence-electron chi connectivity index (χ0n) is 17.8. The number of sulfonamides is 1. The summed E-state index contributed by atoms with van der Waals surface area (Å²) in [4.78, 5) is 12.6. The number of rotatable bonds is 10. The number of aromatic nitrogens is 1. The minimum atomic E-state index is -3.49. The molecule has 2 aromatic rings. The number of pyridine rings is 1. The van der Waals surface area contributed by atoms with Crippen molar-refractivity contribution in [3.63, 3.8) is 0 Å². The van der Waals surface area contributed by atoms with Gasteiger partial charge in [0.15, 0.2) is 12.4 Å². The monoisotopic (exact) mass is 418 g/mol. The summed E-state index contributed by atoms with van der Waals surface area (Å²) >= 11 is 0. The molecule has 1 heterocycles. The Balaban J connectivity index is 2.01. The molecule has 6 nitrogen and oxygen atoms in total. The highest BCUT2D eigenvalue weighted by atomic mass is 32.2. The molecule has 0 bridgehead atoms. The molecule has 1 N–H and O–H groups in total. The van der Waals surface area contributed by atoms with Crippen molar-refractivity contribution in [3.8, 4) is 0 Å². The van der Waals surface area contributed by atoms with Gasteiger partial charge in [-0.25, -0.2) is 8.42 Å². The van der Waals surface area contributed by atoms with Crippen molar-refractivity contribution in [2.75, 3.05) is 18.4 Å². The Morgan fingerprint density at radius 1 is 0.966 bits per heavy atom. The molecule has 0 aliphatic carbocycles. The van der Waals surface area contributed by atoms with Crippen LogP contribution in [0.3, 0.4) is 0 Å². The van der Waals surface area contributed by atoms with Crippen LogP contribution in [0.1, 0.15) is 52.0 Å². The first-order chi connectivity index (χ1) is 13.8. The fraction of sp³-hybridized carbons (Fsp3) is 0.455. The van der Waals surface area contributed by atoms with E-state index in [4.69, 9.17) is 0 Å². The summed E-state index contributed by atoms with van der Waals surface area (Å²) in [6.07, 6.45) is 6.04. The smallest absolute Gasteiger partial charge is 0.290 e. The molecule has 1 amide bonds. The van der Waals surface area contributed by atoms with Gasteiger partial charge in [0.1, 0.15) is 0 Å². The van der Waals surface area contributed by atoms with E-state index in [-0.39, 0.29) is 17.3 Å². The minimum absolute atomic E-state index is 0.162. The van der Waals surface area contributed by atoms with Crippen LogP contribution in [-0.2, 0) is 21.4 Å². The lowest BCUT2D eigenvalue weighted by Crippen LogP contribution is -2.39. The van der Waals surface area contributed by atoms with E-state index >= 15 is 0 Å². The lowest BCUT2D eigenvalue weighted by molar-refractivity contribution is -0.684. The Labute approximate surface area is 174 Å². The third kappa shape index (κ3) is 5.87. The molecule has 0 aliphatic rings. The van der Waals surface area contributed by atoms with Gasteiger partial charge in [-0.1, -0.05) is 27.7 Å². The van der Waals surface area contributed by atoms with Crippen molar-refractivity contribution in [2.24, 2.45) is 0 Å². The van der Waals surface area contributed by atoms with E-state index in [1.807, 2.05) is 30.8 Å². The molecule has 1 aromatic heterocycles. The standard InChI is InChI=1S/C22H31N3O3S/c1-5-18(6-2)19-13-15-24(16-14-19)17-22(26)23-20-9-11-21(12-10-20)29(27,28)25(7-3)8-4/h9-16,18H,5-8,17H2,1-4H3/p+1.